The van der Waals surface area contributed by atoms with Gasteiger partial charge in [0.2, 0.25) is 0 Å². The van der Waals surface area contributed by atoms with E-state index in [0.717, 1.165) is 5.71 Å². The molecule has 2 aliphatic rings. The average Bonchev–Trinajstić information content (AvgIpc) is 2.35. The number of fused-ring (bicyclic) bond motifs is 1. The molecule has 2 atom stereocenters. The Bertz CT molecular complexity index is 222. The summed E-state index contributed by atoms with van der Waals surface area (Å²) in [5.74, 6) is -0.322. The topological polar surface area (TPSA) is 30.8 Å². The van der Waals surface area contributed by atoms with E-state index in [-0.39, 0.29) is 5.92 Å². The van der Waals surface area contributed by atoms with Crippen molar-refractivity contribution in [1.29, 1.82) is 0 Å². The molecular formula is C7H9NO2. The highest BCUT2D eigenvalue weighted by Gasteiger charge is 2.46. The fourth-order valence-corrected chi connectivity index (χ4v) is 1.32. The number of ether oxygens (including phenoxy) is 1. The minimum atomic E-state index is -0.538. The van der Waals surface area contributed by atoms with Crippen LogP contribution in [0.1, 0.15) is 13.8 Å². The quantitative estimate of drug-likeness (QED) is 0.506. The van der Waals surface area contributed by atoms with Gasteiger partial charge in [-0.2, -0.15) is 0 Å². The molecule has 0 bridgehead atoms. The zero-order valence-corrected chi connectivity index (χ0v) is 6.00. The largest absolute Gasteiger partial charge is 0.458 e. The lowest BCUT2D eigenvalue weighted by atomic mass is 9.98. The summed E-state index contributed by atoms with van der Waals surface area (Å²) in [7, 11) is 0. The van der Waals surface area contributed by atoms with E-state index >= 15 is 0 Å². The molecule has 0 N–H and O–H groups in total. The van der Waals surface area contributed by atoms with Crippen molar-refractivity contribution in [2.75, 3.05) is 0 Å². The third-order valence-electron chi connectivity index (χ3n) is 1.96. The molecule has 2 heterocycles. The molecule has 0 saturated carbocycles. The number of hydrogen-bond donors (Lipinski definition) is 0. The van der Waals surface area contributed by atoms with E-state index < -0.39 is 5.79 Å². The molecule has 2 rings (SSSR count). The van der Waals surface area contributed by atoms with Crippen molar-refractivity contribution in [3.05, 3.63) is 12.3 Å². The predicted molar refractivity (Wildman–Crippen MR) is 36.3 cm³/mol. The number of hydrogen-bond acceptors (Lipinski definition) is 3. The molecule has 0 radical (unpaired) electrons. The van der Waals surface area contributed by atoms with Gasteiger partial charge in [-0.25, -0.2) is 0 Å². The predicted octanol–water partition coefficient (Wildman–Crippen LogP) is 1.27. The third-order valence-corrected chi connectivity index (χ3v) is 1.96. The Labute approximate surface area is 59.3 Å². The molecule has 2 unspecified atom stereocenters. The number of oxime groups is 1. The second kappa shape index (κ2) is 1.54. The monoisotopic (exact) mass is 139 g/mol. The van der Waals surface area contributed by atoms with Gasteiger partial charge in [0.1, 0.15) is 5.92 Å². The van der Waals surface area contributed by atoms with Crippen LogP contribution < -0.4 is 0 Å². The van der Waals surface area contributed by atoms with E-state index in [1.54, 1.807) is 6.26 Å². The molecule has 3 nitrogen and oxygen atoms in total. The van der Waals surface area contributed by atoms with Crippen LogP contribution in [-0.4, -0.2) is 11.5 Å². The molecule has 0 aromatic rings. The molecule has 0 aromatic heterocycles. The Morgan fingerprint density at radius 3 is 3.20 bits per heavy atom. The van der Waals surface area contributed by atoms with Gasteiger partial charge < -0.3 is 9.57 Å². The van der Waals surface area contributed by atoms with E-state index in [9.17, 15) is 0 Å². The van der Waals surface area contributed by atoms with Crippen LogP contribution in [0.25, 0.3) is 0 Å². The zero-order chi connectivity index (χ0) is 7.19. The van der Waals surface area contributed by atoms with E-state index in [2.05, 4.69) is 5.16 Å². The summed E-state index contributed by atoms with van der Waals surface area (Å²) in [6, 6.07) is 0. The van der Waals surface area contributed by atoms with Crippen LogP contribution in [0.15, 0.2) is 17.5 Å². The smallest absolute Gasteiger partial charge is 0.283 e. The normalized spacial score (nSPS) is 42.2. The summed E-state index contributed by atoms with van der Waals surface area (Å²) in [6.07, 6.45) is 3.63. The van der Waals surface area contributed by atoms with E-state index in [4.69, 9.17) is 9.57 Å². The molecule has 0 fully saturated rings. The van der Waals surface area contributed by atoms with Gasteiger partial charge in [0, 0.05) is 6.92 Å². The maximum absolute atomic E-state index is 5.22. The molecule has 54 valence electrons. The van der Waals surface area contributed by atoms with Gasteiger partial charge in [-0.15, -0.1) is 0 Å². The molecular weight excluding hydrogens is 130 g/mol. The minimum absolute atomic E-state index is 0.215. The summed E-state index contributed by atoms with van der Waals surface area (Å²) in [5, 5.41) is 3.83. The molecule has 0 spiro atoms. The van der Waals surface area contributed by atoms with Crippen molar-refractivity contribution in [2.45, 2.75) is 19.6 Å². The van der Waals surface area contributed by atoms with Crippen molar-refractivity contribution in [2.24, 2.45) is 11.1 Å². The van der Waals surface area contributed by atoms with Gasteiger partial charge in [-0.1, -0.05) is 5.16 Å². The average molecular weight is 139 g/mol. The van der Waals surface area contributed by atoms with Crippen molar-refractivity contribution in [1.82, 2.24) is 0 Å². The van der Waals surface area contributed by atoms with E-state index in [0.29, 0.717) is 0 Å². The first-order chi connectivity index (χ1) is 4.72. The Morgan fingerprint density at radius 2 is 2.50 bits per heavy atom. The molecule has 0 saturated heterocycles. The summed E-state index contributed by atoms with van der Waals surface area (Å²) < 4.78 is 5.22. The second-order valence-corrected chi connectivity index (χ2v) is 2.76. The van der Waals surface area contributed by atoms with Gasteiger partial charge in [-0.3, -0.25) is 0 Å². The molecule has 10 heavy (non-hydrogen) atoms. The highest BCUT2D eigenvalue weighted by molar-refractivity contribution is 5.87. The Balaban J connectivity index is 2.33. The van der Waals surface area contributed by atoms with Crippen LogP contribution in [-0.2, 0) is 9.57 Å². The Morgan fingerprint density at radius 1 is 1.70 bits per heavy atom. The molecule has 2 aliphatic heterocycles. The lowest BCUT2D eigenvalue weighted by Gasteiger charge is -2.20. The molecule has 0 aliphatic carbocycles. The maximum Gasteiger partial charge on any atom is 0.283 e. The molecule has 0 aromatic carbocycles. The first-order valence-electron chi connectivity index (χ1n) is 3.29. The first kappa shape index (κ1) is 5.77. The summed E-state index contributed by atoms with van der Waals surface area (Å²) in [4.78, 5) is 5.08. The van der Waals surface area contributed by atoms with E-state index in [1.807, 2.05) is 19.9 Å². The fraction of sp³-hybridized carbons (Fsp3) is 0.571. The van der Waals surface area contributed by atoms with Crippen molar-refractivity contribution in [3.63, 3.8) is 0 Å². The van der Waals surface area contributed by atoms with E-state index in [1.165, 1.54) is 0 Å². The molecule has 0 amide bonds. The minimum Gasteiger partial charge on any atom is -0.458 e. The fourth-order valence-electron chi connectivity index (χ4n) is 1.32. The maximum atomic E-state index is 5.22. The van der Waals surface area contributed by atoms with Crippen molar-refractivity contribution < 1.29 is 9.57 Å². The first-order valence-corrected chi connectivity index (χ1v) is 3.29. The second-order valence-electron chi connectivity index (χ2n) is 2.76. The van der Waals surface area contributed by atoms with Crippen LogP contribution >= 0.6 is 0 Å². The van der Waals surface area contributed by atoms with Gasteiger partial charge in [-0.05, 0) is 13.0 Å². The number of nitrogens with zero attached hydrogens (tertiary/aromatic N) is 1. The Kier molecular flexibility index (Phi) is 0.886. The van der Waals surface area contributed by atoms with Gasteiger partial charge >= 0.3 is 0 Å². The van der Waals surface area contributed by atoms with Crippen LogP contribution in [0.4, 0.5) is 0 Å². The van der Waals surface area contributed by atoms with Crippen LogP contribution in [0.3, 0.4) is 0 Å². The number of rotatable bonds is 0. The standard InChI is InChI=1S/C7H9NO2/c1-5-6-3-4-9-7(6,2)10-8-5/h3-4,6H,1-2H3. The van der Waals surface area contributed by atoms with Crippen LogP contribution in [0, 0.1) is 5.92 Å². The summed E-state index contributed by atoms with van der Waals surface area (Å²) >= 11 is 0. The zero-order valence-electron chi connectivity index (χ0n) is 6.00. The SMILES string of the molecule is CC1=NOC2(C)OC=CC12. The van der Waals surface area contributed by atoms with Gasteiger partial charge in [0.15, 0.2) is 0 Å². The lowest BCUT2D eigenvalue weighted by Crippen LogP contribution is -2.31. The third kappa shape index (κ3) is 0.523. The Hall–Kier alpha value is -0.990. The highest BCUT2D eigenvalue weighted by atomic mass is 16.8. The lowest BCUT2D eigenvalue weighted by molar-refractivity contribution is -0.178. The van der Waals surface area contributed by atoms with Gasteiger partial charge in [0.05, 0.1) is 12.0 Å². The molecule has 3 heteroatoms. The van der Waals surface area contributed by atoms with Gasteiger partial charge in [0.25, 0.3) is 5.79 Å². The van der Waals surface area contributed by atoms with Crippen LogP contribution in [0.2, 0.25) is 0 Å². The summed E-state index contributed by atoms with van der Waals surface area (Å²) in [5.41, 5.74) is 0.983. The van der Waals surface area contributed by atoms with Crippen molar-refractivity contribution in [3.8, 4) is 0 Å². The van der Waals surface area contributed by atoms with Crippen molar-refractivity contribution >= 4 is 5.71 Å². The summed E-state index contributed by atoms with van der Waals surface area (Å²) in [6.45, 7) is 3.83. The highest BCUT2D eigenvalue weighted by Crippen LogP contribution is 2.36. The van der Waals surface area contributed by atoms with Crippen LogP contribution in [0.5, 0.6) is 0 Å².